The molecule has 2 rings (SSSR count). The van der Waals surface area contributed by atoms with E-state index in [0.29, 0.717) is 16.6 Å². The quantitative estimate of drug-likeness (QED) is 0.620. The number of amides is 2. The molecule has 1 saturated heterocycles. The number of hydrogen-bond acceptors (Lipinski definition) is 6. The van der Waals surface area contributed by atoms with Gasteiger partial charge in [-0.1, -0.05) is 24.3 Å². The first-order valence-corrected chi connectivity index (χ1v) is 8.31. The Morgan fingerprint density at radius 3 is 3.00 bits per heavy atom. The molecule has 1 aromatic rings. The van der Waals surface area contributed by atoms with Gasteiger partial charge in [0.05, 0.1) is 17.3 Å². The van der Waals surface area contributed by atoms with Crippen LogP contribution in [-0.4, -0.2) is 55.5 Å². The molecule has 1 aliphatic heterocycles. The van der Waals surface area contributed by atoms with Crippen molar-refractivity contribution < 1.29 is 14.1 Å². The molecule has 2 atom stereocenters. The van der Waals surface area contributed by atoms with Crippen molar-refractivity contribution >= 4 is 33.3 Å². The molecule has 0 bridgehead atoms. The van der Waals surface area contributed by atoms with Crippen LogP contribution < -0.4 is 4.90 Å². The van der Waals surface area contributed by atoms with Crippen molar-refractivity contribution in [2.45, 2.75) is 23.9 Å². The molecule has 2 heterocycles. The second kappa shape index (κ2) is 6.42. The molecule has 0 saturated carbocycles. The van der Waals surface area contributed by atoms with Crippen molar-refractivity contribution in [2.75, 3.05) is 23.7 Å². The Morgan fingerprint density at radius 1 is 1.60 bits per heavy atom. The van der Waals surface area contributed by atoms with Gasteiger partial charge in [-0.25, -0.2) is 9.69 Å². The minimum atomic E-state index is -1.20. The number of anilines is 1. The van der Waals surface area contributed by atoms with E-state index in [4.69, 9.17) is 0 Å². The Bertz CT molecular complexity index is 533. The van der Waals surface area contributed by atoms with Crippen LogP contribution in [0.1, 0.15) is 13.3 Å². The number of carbonyl (C=O) groups is 1. The summed E-state index contributed by atoms with van der Waals surface area (Å²) in [6.07, 6.45) is 1.40. The van der Waals surface area contributed by atoms with Crippen molar-refractivity contribution in [1.82, 2.24) is 15.1 Å². The zero-order valence-electron chi connectivity index (χ0n) is 11.1. The summed E-state index contributed by atoms with van der Waals surface area (Å²) in [4.78, 5) is 14.8. The molecular formula is C11H16N4O3S2. The molecule has 9 heteroatoms. The lowest BCUT2D eigenvalue weighted by Gasteiger charge is -2.15. The Labute approximate surface area is 123 Å². The first kappa shape index (κ1) is 15.1. The smallest absolute Gasteiger partial charge is 0.329 e. The number of urea groups is 1. The fourth-order valence-corrected chi connectivity index (χ4v) is 3.96. The zero-order valence-corrected chi connectivity index (χ0v) is 12.7. The van der Waals surface area contributed by atoms with E-state index in [2.05, 4.69) is 16.8 Å². The van der Waals surface area contributed by atoms with Gasteiger partial charge in [-0.05, 0) is 6.42 Å². The van der Waals surface area contributed by atoms with Gasteiger partial charge < -0.3 is 10.0 Å². The third-order valence-corrected chi connectivity index (χ3v) is 5.47. The summed E-state index contributed by atoms with van der Waals surface area (Å²) in [5, 5.41) is 17.9. The summed E-state index contributed by atoms with van der Waals surface area (Å²) in [5.74, 6) is 0.508. The molecule has 0 aromatic carbocycles. The van der Waals surface area contributed by atoms with Crippen molar-refractivity contribution in [2.24, 2.45) is 0 Å². The molecule has 0 spiro atoms. The Hall–Kier alpha value is -1.32. The first-order valence-electron chi connectivity index (χ1n) is 6.17. The minimum absolute atomic E-state index is 0.192. The van der Waals surface area contributed by atoms with E-state index in [1.807, 2.05) is 6.92 Å². The molecular weight excluding hydrogens is 300 g/mol. The van der Waals surface area contributed by atoms with Crippen LogP contribution in [0.5, 0.6) is 0 Å². The van der Waals surface area contributed by atoms with E-state index in [-0.39, 0.29) is 17.7 Å². The van der Waals surface area contributed by atoms with Crippen molar-refractivity contribution in [3.05, 3.63) is 12.7 Å². The molecule has 7 nitrogen and oxygen atoms in total. The van der Waals surface area contributed by atoms with Gasteiger partial charge in [0.25, 0.3) is 0 Å². The normalized spacial score (nSPS) is 20.5. The summed E-state index contributed by atoms with van der Waals surface area (Å²) < 4.78 is 12.2. The zero-order chi connectivity index (χ0) is 14.7. The van der Waals surface area contributed by atoms with Crippen LogP contribution in [0.15, 0.2) is 17.0 Å². The predicted molar refractivity (Wildman–Crippen MR) is 77.1 cm³/mol. The van der Waals surface area contributed by atoms with Crippen LogP contribution in [0.4, 0.5) is 9.93 Å². The number of aromatic nitrogens is 2. The number of carbonyl (C=O) groups excluding carboxylic acids is 1. The van der Waals surface area contributed by atoms with Gasteiger partial charge in [0, 0.05) is 12.3 Å². The average molecular weight is 316 g/mol. The number of aliphatic hydroxyl groups is 1. The summed E-state index contributed by atoms with van der Waals surface area (Å²) >= 11 is 1.08. The maximum atomic E-state index is 12.1. The molecule has 0 radical (unpaired) electrons. The lowest BCUT2D eigenvalue weighted by atomic mass is 10.5. The lowest BCUT2D eigenvalue weighted by Crippen LogP contribution is -2.34. The Morgan fingerprint density at radius 2 is 2.35 bits per heavy atom. The maximum Gasteiger partial charge on any atom is 0.329 e. The van der Waals surface area contributed by atoms with Gasteiger partial charge in [-0.15, -0.1) is 16.8 Å². The number of hydrogen-bond donors (Lipinski definition) is 1. The second-order valence-corrected chi connectivity index (χ2v) is 6.93. The van der Waals surface area contributed by atoms with Crippen molar-refractivity contribution in [3.63, 3.8) is 0 Å². The van der Waals surface area contributed by atoms with Crippen LogP contribution in [0, 0.1) is 0 Å². The van der Waals surface area contributed by atoms with E-state index in [1.165, 1.54) is 9.80 Å². The van der Waals surface area contributed by atoms with E-state index < -0.39 is 17.0 Å². The number of β-amino-alcohol motifs (C(OH)–C–C–N with tert-alkyl or cyclic N) is 1. The predicted octanol–water partition coefficient (Wildman–Crippen LogP) is 0.802. The molecule has 0 aliphatic carbocycles. The van der Waals surface area contributed by atoms with Gasteiger partial charge >= 0.3 is 6.03 Å². The molecule has 20 heavy (non-hydrogen) atoms. The van der Waals surface area contributed by atoms with Crippen LogP contribution in [0.3, 0.4) is 0 Å². The van der Waals surface area contributed by atoms with E-state index in [1.54, 1.807) is 6.08 Å². The summed E-state index contributed by atoms with van der Waals surface area (Å²) in [7, 11) is -1.20. The standard InChI is InChI=1S/C11H16N4O3S2/c1-3-5-14-7-8(16)15(11(14)17)9-12-13-10(19-9)20(18)6-4-2/h3,8,16H,1,4-7H2,2H3. The average Bonchev–Trinajstić information content (AvgIpc) is 2.97. The topological polar surface area (TPSA) is 86.6 Å². The fourth-order valence-electron chi connectivity index (χ4n) is 1.82. The molecule has 1 aliphatic rings. The van der Waals surface area contributed by atoms with Crippen molar-refractivity contribution in [1.29, 1.82) is 0 Å². The van der Waals surface area contributed by atoms with Gasteiger partial charge in [0.15, 0.2) is 6.23 Å². The van der Waals surface area contributed by atoms with Gasteiger partial charge in [0.1, 0.15) is 0 Å². The second-order valence-electron chi connectivity index (χ2n) is 4.23. The SMILES string of the molecule is C=CCN1CC(O)N(c2nnc(S(=O)CCC)s2)C1=O. The third kappa shape index (κ3) is 2.89. The Balaban J connectivity index is 2.17. The number of nitrogens with zero attached hydrogens (tertiary/aromatic N) is 4. The van der Waals surface area contributed by atoms with Gasteiger partial charge in [0.2, 0.25) is 9.47 Å². The van der Waals surface area contributed by atoms with Crippen LogP contribution in [0.25, 0.3) is 0 Å². The monoisotopic (exact) mass is 316 g/mol. The summed E-state index contributed by atoms with van der Waals surface area (Å²) in [5.41, 5.74) is 0. The summed E-state index contributed by atoms with van der Waals surface area (Å²) in [6, 6.07) is -0.346. The van der Waals surface area contributed by atoms with E-state index in [0.717, 1.165) is 17.8 Å². The van der Waals surface area contributed by atoms with Crippen LogP contribution in [0.2, 0.25) is 0 Å². The summed E-state index contributed by atoms with van der Waals surface area (Å²) in [6.45, 7) is 6.05. The maximum absolute atomic E-state index is 12.1. The number of rotatable bonds is 6. The van der Waals surface area contributed by atoms with Crippen LogP contribution in [-0.2, 0) is 10.8 Å². The lowest BCUT2D eigenvalue weighted by molar-refractivity contribution is 0.180. The highest BCUT2D eigenvalue weighted by atomic mass is 32.2. The fraction of sp³-hybridized carbons (Fsp3) is 0.545. The van der Waals surface area contributed by atoms with Crippen LogP contribution >= 0.6 is 11.3 Å². The molecule has 2 amide bonds. The van der Waals surface area contributed by atoms with Crippen molar-refractivity contribution in [3.8, 4) is 0 Å². The molecule has 2 unspecified atom stereocenters. The Kier molecular flexibility index (Phi) is 4.84. The highest BCUT2D eigenvalue weighted by Crippen LogP contribution is 2.28. The molecule has 1 N–H and O–H groups in total. The largest absolute Gasteiger partial charge is 0.371 e. The van der Waals surface area contributed by atoms with Gasteiger partial charge in [-0.3, -0.25) is 4.21 Å². The number of aliphatic hydroxyl groups excluding tert-OH is 1. The van der Waals surface area contributed by atoms with Gasteiger partial charge in [-0.2, -0.15) is 0 Å². The van der Waals surface area contributed by atoms with E-state index >= 15 is 0 Å². The molecule has 110 valence electrons. The third-order valence-electron chi connectivity index (χ3n) is 2.69. The molecule has 1 fully saturated rings. The van der Waals surface area contributed by atoms with E-state index in [9.17, 15) is 14.1 Å². The minimum Gasteiger partial charge on any atom is -0.371 e. The first-order chi connectivity index (χ1) is 9.58. The highest BCUT2D eigenvalue weighted by molar-refractivity contribution is 7.87. The highest BCUT2D eigenvalue weighted by Gasteiger charge is 2.38. The molecule has 1 aromatic heterocycles.